The number of fused-ring (bicyclic) bond motifs is 1. The van der Waals surface area contributed by atoms with Gasteiger partial charge >= 0.3 is 6.18 Å². The first-order chi connectivity index (χ1) is 8.32. The van der Waals surface area contributed by atoms with Gasteiger partial charge in [0.1, 0.15) is 5.69 Å². The number of benzene rings is 1. The summed E-state index contributed by atoms with van der Waals surface area (Å²) in [7, 11) is 0. The molecule has 0 aliphatic heterocycles. The van der Waals surface area contributed by atoms with Crippen LogP contribution in [-0.2, 0) is 12.6 Å². The van der Waals surface area contributed by atoms with Crippen LogP contribution in [0.4, 0.5) is 13.2 Å². The molecule has 96 valence electrons. The van der Waals surface area contributed by atoms with Gasteiger partial charge in [-0.2, -0.15) is 13.2 Å². The Kier molecular flexibility index (Phi) is 3.06. The highest BCUT2D eigenvalue weighted by atomic mass is 35.5. The summed E-state index contributed by atoms with van der Waals surface area (Å²) in [4.78, 5) is 17.8. The van der Waals surface area contributed by atoms with Crippen LogP contribution in [0.25, 0.3) is 11.0 Å². The maximum absolute atomic E-state index is 12.7. The Morgan fingerprint density at radius 3 is 2.61 bits per heavy atom. The van der Waals surface area contributed by atoms with Gasteiger partial charge in [0.15, 0.2) is 0 Å². The van der Waals surface area contributed by atoms with Crippen LogP contribution in [0, 0.1) is 0 Å². The fraction of sp³-hybridized carbons (Fsp3) is 0.273. The van der Waals surface area contributed by atoms with E-state index in [0.717, 1.165) is 12.1 Å². The van der Waals surface area contributed by atoms with Gasteiger partial charge in [-0.3, -0.25) is 4.79 Å². The third-order valence-corrected chi connectivity index (χ3v) is 2.80. The van der Waals surface area contributed by atoms with Gasteiger partial charge in [-0.15, -0.1) is 0 Å². The number of nitrogens with one attached hydrogen (secondary N) is 1. The highest BCUT2D eigenvalue weighted by Gasteiger charge is 2.33. The average Bonchev–Trinajstić information content (AvgIpc) is 2.26. The zero-order chi connectivity index (χ0) is 13.5. The molecular weight excluding hydrogens is 269 g/mol. The number of rotatable bonds is 1. The van der Waals surface area contributed by atoms with Crippen molar-refractivity contribution in [3.05, 3.63) is 38.8 Å². The van der Waals surface area contributed by atoms with E-state index in [1.807, 2.05) is 0 Å². The molecule has 0 fully saturated rings. The molecule has 1 heterocycles. The van der Waals surface area contributed by atoms with Crippen molar-refractivity contribution < 1.29 is 13.2 Å². The molecule has 1 N–H and O–H groups in total. The number of hydrogen-bond acceptors (Lipinski definition) is 2. The van der Waals surface area contributed by atoms with Crippen molar-refractivity contribution in [1.82, 2.24) is 9.97 Å². The first-order valence-corrected chi connectivity index (χ1v) is 5.50. The molecule has 3 nitrogen and oxygen atoms in total. The van der Waals surface area contributed by atoms with Crippen LogP contribution in [0.2, 0.25) is 5.02 Å². The minimum absolute atomic E-state index is 0.0724. The molecular formula is C11H8ClF3N2O. The van der Waals surface area contributed by atoms with Crippen molar-refractivity contribution >= 4 is 22.6 Å². The molecule has 0 spiro atoms. The molecule has 0 radical (unpaired) electrons. The number of H-pyrrole nitrogens is 1. The van der Waals surface area contributed by atoms with Crippen LogP contribution in [0.5, 0.6) is 0 Å². The second-order valence-electron chi connectivity index (χ2n) is 3.71. The summed E-state index contributed by atoms with van der Waals surface area (Å²) in [6.45, 7) is 1.70. The molecule has 7 heteroatoms. The zero-order valence-corrected chi connectivity index (χ0v) is 9.99. The SMILES string of the molecule is CCc1nc2cc(C(F)(F)F)c(Cl)cc2[nH]c1=O. The number of alkyl halides is 3. The zero-order valence-electron chi connectivity index (χ0n) is 9.23. The minimum atomic E-state index is -4.55. The predicted octanol–water partition coefficient (Wildman–Crippen LogP) is 3.16. The quantitative estimate of drug-likeness (QED) is 0.869. The van der Waals surface area contributed by atoms with Gasteiger partial charge < -0.3 is 4.98 Å². The van der Waals surface area contributed by atoms with Crippen molar-refractivity contribution in [3.63, 3.8) is 0 Å². The standard InChI is InChI=1S/C11H8ClF3N2O/c1-2-7-10(18)17-9-4-6(12)5(11(13,14)15)3-8(9)16-7/h3-4H,2H2,1H3,(H,17,18). The van der Waals surface area contributed by atoms with Crippen LogP contribution in [0.15, 0.2) is 16.9 Å². The third kappa shape index (κ3) is 2.20. The normalized spacial score (nSPS) is 12.1. The molecule has 2 rings (SSSR count). The smallest absolute Gasteiger partial charge is 0.319 e. The van der Waals surface area contributed by atoms with Gasteiger partial charge in [-0.25, -0.2) is 4.98 Å². The summed E-state index contributed by atoms with van der Waals surface area (Å²) in [6, 6.07) is 1.90. The maximum Gasteiger partial charge on any atom is 0.417 e. The van der Waals surface area contributed by atoms with Gasteiger partial charge in [0.05, 0.1) is 21.6 Å². The number of aromatic amines is 1. The summed E-state index contributed by atoms with van der Waals surface area (Å²) in [5.41, 5.74) is -0.921. The number of hydrogen-bond donors (Lipinski definition) is 1. The molecule has 0 unspecified atom stereocenters. The molecule has 0 saturated carbocycles. The number of halogens is 4. The van der Waals surface area contributed by atoms with E-state index in [1.54, 1.807) is 6.92 Å². The van der Waals surface area contributed by atoms with Gasteiger partial charge in [-0.05, 0) is 18.6 Å². The fourth-order valence-corrected chi connectivity index (χ4v) is 1.87. The Morgan fingerprint density at radius 1 is 1.39 bits per heavy atom. The number of aromatic nitrogens is 2. The van der Waals surface area contributed by atoms with E-state index in [-0.39, 0.29) is 16.7 Å². The molecule has 18 heavy (non-hydrogen) atoms. The fourth-order valence-electron chi connectivity index (χ4n) is 1.60. The van der Waals surface area contributed by atoms with E-state index in [0.29, 0.717) is 6.42 Å². The Balaban J connectivity index is 2.78. The van der Waals surface area contributed by atoms with E-state index in [9.17, 15) is 18.0 Å². The van der Waals surface area contributed by atoms with E-state index in [4.69, 9.17) is 11.6 Å². The molecule has 0 amide bonds. The monoisotopic (exact) mass is 276 g/mol. The third-order valence-electron chi connectivity index (χ3n) is 2.49. The lowest BCUT2D eigenvalue weighted by molar-refractivity contribution is -0.137. The van der Waals surface area contributed by atoms with Crippen LogP contribution in [0.3, 0.4) is 0 Å². The maximum atomic E-state index is 12.7. The second-order valence-corrected chi connectivity index (χ2v) is 4.12. The van der Waals surface area contributed by atoms with Crippen molar-refractivity contribution in [2.75, 3.05) is 0 Å². The summed E-state index contributed by atoms with van der Waals surface area (Å²) >= 11 is 5.54. The van der Waals surface area contributed by atoms with Crippen LogP contribution in [0.1, 0.15) is 18.2 Å². The van der Waals surface area contributed by atoms with Crippen LogP contribution in [-0.4, -0.2) is 9.97 Å². The van der Waals surface area contributed by atoms with Crippen molar-refractivity contribution in [2.45, 2.75) is 19.5 Å². The molecule has 0 saturated heterocycles. The summed E-state index contributed by atoms with van der Waals surface area (Å²) in [6.07, 6.45) is -4.20. The highest BCUT2D eigenvalue weighted by Crippen LogP contribution is 2.36. The van der Waals surface area contributed by atoms with Gasteiger partial charge in [-0.1, -0.05) is 18.5 Å². The number of nitrogens with zero attached hydrogens (tertiary/aromatic N) is 1. The van der Waals surface area contributed by atoms with Crippen LogP contribution >= 0.6 is 11.6 Å². The lowest BCUT2D eigenvalue weighted by Crippen LogP contribution is -2.15. The van der Waals surface area contributed by atoms with Crippen molar-refractivity contribution in [2.24, 2.45) is 0 Å². The Bertz CT molecular complexity index is 664. The van der Waals surface area contributed by atoms with Gasteiger partial charge in [0, 0.05) is 0 Å². The lowest BCUT2D eigenvalue weighted by Gasteiger charge is -2.10. The van der Waals surface area contributed by atoms with E-state index in [2.05, 4.69) is 9.97 Å². The molecule has 1 aromatic carbocycles. The first kappa shape index (κ1) is 12.9. The Labute approximate surface area is 105 Å². The molecule has 1 aromatic heterocycles. The Morgan fingerprint density at radius 2 is 2.06 bits per heavy atom. The molecule has 0 bridgehead atoms. The number of aryl methyl sites for hydroxylation is 1. The first-order valence-electron chi connectivity index (χ1n) is 5.12. The summed E-state index contributed by atoms with van der Waals surface area (Å²) < 4.78 is 38.0. The van der Waals surface area contributed by atoms with E-state index < -0.39 is 22.3 Å². The lowest BCUT2D eigenvalue weighted by atomic mass is 10.1. The largest absolute Gasteiger partial charge is 0.417 e. The van der Waals surface area contributed by atoms with Gasteiger partial charge in [0.2, 0.25) is 0 Å². The molecule has 0 aliphatic rings. The summed E-state index contributed by atoms with van der Waals surface area (Å²) in [5.74, 6) is 0. The van der Waals surface area contributed by atoms with Gasteiger partial charge in [0.25, 0.3) is 5.56 Å². The Hall–Kier alpha value is -1.56. The molecule has 0 atom stereocenters. The second kappa shape index (κ2) is 4.28. The molecule has 0 aliphatic carbocycles. The van der Waals surface area contributed by atoms with Crippen molar-refractivity contribution in [1.29, 1.82) is 0 Å². The molecule has 2 aromatic rings. The topological polar surface area (TPSA) is 45.8 Å². The summed E-state index contributed by atoms with van der Waals surface area (Å²) in [5, 5.41) is -0.461. The predicted molar refractivity (Wildman–Crippen MR) is 61.8 cm³/mol. The highest BCUT2D eigenvalue weighted by molar-refractivity contribution is 6.32. The van der Waals surface area contributed by atoms with E-state index >= 15 is 0 Å². The van der Waals surface area contributed by atoms with Crippen LogP contribution < -0.4 is 5.56 Å². The average molecular weight is 277 g/mol. The minimum Gasteiger partial charge on any atom is -0.319 e. The van der Waals surface area contributed by atoms with Crippen molar-refractivity contribution in [3.8, 4) is 0 Å². The van der Waals surface area contributed by atoms with E-state index in [1.165, 1.54) is 0 Å².